The van der Waals surface area contributed by atoms with Crippen LogP contribution in [0, 0.1) is 5.82 Å². The van der Waals surface area contributed by atoms with E-state index in [-0.39, 0.29) is 11.7 Å². The van der Waals surface area contributed by atoms with E-state index in [2.05, 4.69) is 15.5 Å². The highest BCUT2D eigenvalue weighted by Gasteiger charge is 2.10. The molecule has 1 aromatic heterocycles. The van der Waals surface area contributed by atoms with Crippen LogP contribution in [0.3, 0.4) is 0 Å². The van der Waals surface area contributed by atoms with Gasteiger partial charge in [-0.3, -0.25) is 4.79 Å². The fourth-order valence-electron chi connectivity index (χ4n) is 2.08. The van der Waals surface area contributed by atoms with Crippen molar-refractivity contribution in [2.45, 2.75) is 6.42 Å². The number of halogens is 2. The second-order valence-corrected chi connectivity index (χ2v) is 5.46. The Bertz CT molecular complexity index is 849. The molecule has 3 aromatic rings. The number of hydrogen-bond acceptors (Lipinski definition) is 4. The van der Waals surface area contributed by atoms with Gasteiger partial charge in [0, 0.05) is 29.1 Å². The van der Waals surface area contributed by atoms with Gasteiger partial charge in [-0.25, -0.2) is 4.39 Å². The van der Waals surface area contributed by atoms with Crippen molar-refractivity contribution in [3.05, 3.63) is 70.8 Å². The van der Waals surface area contributed by atoms with Gasteiger partial charge >= 0.3 is 0 Å². The maximum Gasteiger partial charge on any atom is 0.251 e. The lowest BCUT2D eigenvalue weighted by Crippen LogP contribution is -2.25. The first-order valence-electron chi connectivity index (χ1n) is 7.24. The summed E-state index contributed by atoms with van der Waals surface area (Å²) >= 11 is 5.85. The first kappa shape index (κ1) is 16.1. The topological polar surface area (TPSA) is 68.0 Å². The van der Waals surface area contributed by atoms with Crippen molar-refractivity contribution in [3.8, 4) is 11.5 Å². The van der Waals surface area contributed by atoms with Gasteiger partial charge in [0.2, 0.25) is 11.8 Å². The monoisotopic (exact) mass is 345 g/mol. The van der Waals surface area contributed by atoms with E-state index in [0.717, 1.165) is 0 Å². The minimum atomic E-state index is -0.331. The fraction of sp³-hybridized carbons (Fsp3) is 0.118. The Balaban J connectivity index is 1.56. The molecule has 1 N–H and O–H groups in total. The molecule has 122 valence electrons. The van der Waals surface area contributed by atoms with E-state index in [4.69, 9.17) is 16.0 Å². The van der Waals surface area contributed by atoms with Crippen molar-refractivity contribution in [3.63, 3.8) is 0 Å². The average molecular weight is 346 g/mol. The Morgan fingerprint density at radius 2 is 1.96 bits per heavy atom. The molecule has 0 unspecified atom stereocenters. The molecule has 0 saturated carbocycles. The van der Waals surface area contributed by atoms with Crippen molar-refractivity contribution < 1.29 is 13.6 Å². The number of carbonyl (C=O) groups is 1. The van der Waals surface area contributed by atoms with Crippen molar-refractivity contribution in [2.75, 3.05) is 6.54 Å². The lowest BCUT2D eigenvalue weighted by molar-refractivity contribution is 0.0953. The van der Waals surface area contributed by atoms with Gasteiger partial charge in [0.25, 0.3) is 5.91 Å². The zero-order chi connectivity index (χ0) is 16.9. The van der Waals surface area contributed by atoms with E-state index in [1.807, 2.05) is 0 Å². The third-order valence-electron chi connectivity index (χ3n) is 3.27. The number of hydrogen-bond donors (Lipinski definition) is 1. The Kier molecular flexibility index (Phi) is 4.86. The largest absolute Gasteiger partial charge is 0.421 e. The molecule has 7 heteroatoms. The lowest BCUT2D eigenvalue weighted by atomic mass is 10.2. The predicted molar refractivity (Wildman–Crippen MR) is 87.2 cm³/mol. The van der Waals surface area contributed by atoms with Crippen LogP contribution in [0.4, 0.5) is 4.39 Å². The van der Waals surface area contributed by atoms with Crippen LogP contribution in [0.2, 0.25) is 5.02 Å². The highest BCUT2D eigenvalue weighted by molar-refractivity contribution is 6.30. The maximum atomic E-state index is 12.9. The van der Waals surface area contributed by atoms with Crippen molar-refractivity contribution >= 4 is 17.5 Å². The second-order valence-electron chi connectivity index (χ2n) is 5.02. The molecule has 0 spiro atoms. The van der Waals surface area contributed by atoms with E-state index >= 15 is 0 Å². The summed E-state index contributed by atoms with van der Waals surface area (Å²) in [7, 11) is 0. The number of rotatable bonds is 5. The molecule has 0 radical (unpaired) electrons. The molecular weight excluding hydrogens is 333 g/mol. The number of carbonyl (C=O) groups excluding carboxylic acids is 1. The van der Waals surface area contributed by atoms with Gasteiger partial charge in [0.05, 0.1) is 0 Å². The van der Waals surface area contributed by atoms with Crippen LogP contribution >= 0.6 is 11.6 Å². The summed E-state index contributed by atoms with van der Waals surface area (Å²) in [4.78, 5) is 12.0. The zero-order valence-electron chi connectivity index (χ0n) is 12.5. The van der Waals surface area contributed by atoms with Gasteiger partial charge in [-0.15, -0.1) is 10.2 Å². The number of aromatic nitrogens is 2. The van der Waals surface area contributed by atoms with Gasteiger partial charge in [0.1, 0.15) is 5.82 Å². The van der Waals surface area contributed by atoms with Crippen molar-refractivity contribution in [1.29, 1.82) is 0 Å². The SMILES string of the molecule is O=C(NCCc1nnc(-c2ccc(F)cc2)o1)c1cccc(Cl)c1. The molecule has 0 aliphatic rings. The molecule has 0 bridgehead atoms. The minimum absolute atomic E-state index is 0.226. The average Bonchev–Trinajstić information content (AvgIpc) is 3.04. The van der Waals surface area contributed by atoms with Gasteiger partial charge < -0.3 is 9.73 Å². The molecule has 24 heavy (non-hydrogen) atoms. The standard InChI is InChI=1S/C17H13ClFN3O2/c18-13-3-1-2-12(10-13)16(23)20-9-8-15-21-22-17(24-15)11-4-6-14(19)7-5-11/h1-7,10H,8-9H2,(H,20,23). The van der Waals surface area contributed by atoms with Gasteiger partial charge in [0.15, 0.2) is 0 Å². The Hall–Kier alpha value is -2.73. The molecule has 1 amide bonds. The summed E-state index contributed by atoms with van der Waals surface area (Å²) in [5.74, 6) is 0.143. The summed E-state index contributed by atoms with van der Waals surface area (Å²) in [5.41, 5.74) is 1.12. The molecule has 0 aliphatic carbocycles. The molecule has 1 heterocycles. The number of benzene rings is 2. The highest BCUT2D eigenvalue weighted by atomic mass is 35.5. The smallest absolute Gasteiger partial charge is 0.251 e. The van der Waals surface area contributed by atoms with E-state index in [1.54, 1.807) is 36.4 Å². The van der Waals surface area contributed by atoms with Crippen LogP contribution in [-0.2, 0) is 6.42 Å². The quantitative estimate of drug-likeness (QED) is 0.768. The Labute approximate surface area is 142 Å². The molecule has 0 fully saturated rings. The number of nitrogens with one attached hydrogen (secondary N) is 1. The van der Waals surface area contributed by atoms with Crippen LogP contribution in [0.15, 0.2) is 52.9 Å². The van der Waals surface area contributed by atoms with Gasteiger partial charge in [-0.2, -0.15) is 0 Å². The highest BCUT2D eigenvalue weighted by Crippen LogP contribution is 2.18. The minimum Gasteiger partial charge on any atom is -0.421 e. The number of amides is 1. The molecule has 0 aliphatic heterocycles. The van der Waals surface area contributed by atoms with Crippen LogP contribution in [0.5, 0.6) is 0 Å². The summed E-state index contributed by atoms with van der Waals surface area (Å²) < 4.78 is 18.4. The molecule has 0 saturated heterocycles. The molecule has 5 nitrogen and oxygen atoms in total. The summed E-state index contributed by atoms with van der Waals surface area (Å²) in [6, 6.07) is 12.5. The molecule has 0 atom stereocenters. The van der Waals surface area contributed by atoms with Crippen LogP contribution in [0.1, 0.15) is 16.2 Å². The normalized spacial score (nSPS) is 10.6. The third-order valence-corrected chi connectivity index (χ3v) is 3.50. The predicted octanol–water partition coefficient (Wildman–Crippen LogP) is 3.50. The molecule has 2 aromatic carbocycles. The van der Waals surface area contributed by atoms with Gasteiger partial charge in [-0.05, 0) is 42.5 Å². The van der Waals surface area contributed by atoms with Crippen molar-refractivity contribution in [1.82, 2.24) is 15.5 Å². The van der Waals surface area contributed by atoms with E-state index in [1.165, 1.54) is 12.1 Å². The third kappa shape index (κ3) is 3.97. The van der Waals surface area contributed by atoms with E-state index in [9.17, 15) is 9.18 Å². The summed E-state index contributed by atoms with van der Waals surface area (Å²) in [6.07, 6.45) is 0.389. The van der Waals surface area contributed by atoms with Crippen LogP contribution in [0.25, 0.3) is 11.5 Å². The van der Waals surface area contributed by atoms with Crippen LogP contribution < -0.4 is 5.32 Å². The van der Waals surface area contributed by atoms with E-state index in [0.29, 0.717) is 40.9 Å². The van der Waals surface area contributed by atoms with Crippen molar-refractivity contribution in [2.24, 2.45) is 0 Å². The van der Waals surface area contributed by atoms with Crippen LogP contribution in [-0.4, -0.2) is 22.6 Å². The first-order valence-corrected chi connectivity index (χ1v) is 7.62. The van der Waals surface area contributed by atoms with Gasteiger partial charge in [-0.1, -0.05) is 17.7 Å². The number of nitrogens with zero attached hydrogens (tertiary/aromatic N) is 2. The second kappa shape index (κ2) is 7.23. The first-order chi connectivity index (χ1) is 11.6. The fourth-order valence-corrected chi connectivity index (χ4v) is 2.27. The Morgan fingerprint density at radius 3 is 2.71 bits per heavy atom. The summed E-state index contributed by atoms with van der Waals surface area (Å²) in [6.45, 7) is 0.344. The van der Waals surface area contributed by atoms with E-state index < -0.39 is 0 Å². The maximum absolute atomic E-state index is 12.9. The lowest BCUT2D eigenvalue weighted by Gasteiger charge is -2.03. The molecular formula is C17H13ClFN3O2. The zero-order valence-corrected chi connectivity index (χ0v) is 13.3. The molecule has 3 rings (SSSR count). The summed E-state index contributed by atoms with van der Waals surface area (Å²) in [5, 5.41) is 11.1. The Morgan fingerprint density at radius 1 is 1.17 bits per heavy atom.